The Morgan fingerprint density at radius 2 is 2.00 bits per heavy atom. The summed E-state index contributed by atoms with van der Waals surface area (Å²) in [7, 11) is 3.52. The van der Waals surface area contributed by atoms with Crippen LogP contribution in [0.15, 0.2) is 0 Å². The van der Waals surface area contributed by atoms with Crippen LogP contribution in [0.4, 0.5) is 0 Å². The van der Waals surface area contributed by atoms with E-state index < -0.39 is 0 Å². The minimum absolute atomic E-state index is 0.335. The van der Waals surface area contributed by atoms with Crippen LogP contribution in [0.2, 0.25) is 0 Å². The van der Waals surface area contributed by atoms with Gasteiger partial charge in [0, 0.05) is 26.9 Å². The van der Waals surface area contributed by atoms with Gasteiger partial charge in [-0.2, -0.15) is 0 Å². The fraction of sp³-hybridized carbons (Fsp3) is 1.00. The second kappa shape index (κ2) is 9.44. The van der Waals surface area contributed by atoms with E-state index in [2.05, 4.69) is 19.2 Å². The van der Waals surface area contributed by atoms with Crippen molar-refractivity contribution < 1.29 is 9.47 Å². The normalized spacial score (nSPS) is 15.4. The molecule has 0 saturated carbocycles. The molecule has 0 aromatic carbocycles. The molecule has 14 heavy (non-hydrogen) atoms. The second-order valence-corrected chi connectivity index (χ2v) is 3.67. The first-order chi connectivity index (χ1) is 6.74. The minimum atomic E-state index is 0.335. The summed E-state index contributed by atoms with van der Waals surface area (Å²) in [5.74, 6) is 0. The third kappa shape index (κ3) is 7.30. The fourth-order valence-corrected chi connectivity index (χ4v) is 1.56. The smallest absolute Gasteiger partial charge is 0.0558 e. The summed E-state index contributed by atoms with van der Waals surface area (Å²) in [6.07, 6.45) is 3.69. The molecule has 86 valence electrons. The van der Waals surface area contributed by atoms with Gasteiger partial charge in [0.25, 0.3) is 0 Å². The van der Waals surface area contributed by atoms with Crippen LogP contribution in [-0.2, 0) is 9.47 Å². The number of nitrogens with one attached hydrogen (secondary N) is 1. The molecule has 0 aromatic rings. The molecule has 0 rings (SSSR count). The minimum Gasteiger partial charge on any atom is -0.385 e. The van der Waals surface area contributed by atoms with Gasteiger partial charge in [-0.05, 0) is 32.7 Å². The molecule has 0 aliphatic rings. The highest BCUT2D eigenvalue weighted by Crippen LogP contribution is 2.07. The van der Waals surface area contributed by atoms with Gasteiger partial charge in [0.05, 0.1) is 6.10 Å². The SMILES string of the molecule is CCNC(CCCOC)CC(C)OC. The lowest BCUT2D eigenvalue weighted by atomic mass is 10.1. The molecule has 0 fully saturated rings. The number of rotatable bonds is 9. The summed E-state index contributed by atoms with van der Waals surface area (Å²) in [4.78, 5) is 0. The van der Waals surface area contributed by atoms with E-state index in [4.69, 9.17) is 9.47 Å². The highest BCUT2D eigenvalue weighted by Gasteiger charge is 2.11. The standard InChI is InChI=1S/C11H25NO2/c1-5-12-11(7-6-8-13-3)9-10(2)14-4/h10-12H,5-9H2,1-4H3. The first-order valence-corrected chi connectivity index (χ1v) is 5.49. The Hall–Kier alpha value is -0.120. The van der Waals surface area contributed by atoms with Gasteiger partial charge >= 0.3 is 0 Å². The molecule has 2 atom stereocenters. The molecule has 2 unspecified atom stereocenters. The van der Waals surface area contributed by atoms with E-state index in [1.807, 2.05) is 0 Å². The average molecular weight is 203 g/mol. The summed E-state index contributed by atoms with van der Waals surface area (Å²) in [5, 5.41) is 3.47. The van der Waals surface area contributed by atoms with E-state index in [1.165, 1.54) is 0 Å². The van der Waals surface area contributed by atoms with Crippen molar-refractivity contribution in [3.05, 3.63) is 0 Å². The number of hydrogen-bond donors (Lipinski definition) is 1. The lowest BCUT2D eigenvalue weighted by molar-refractivity contribution is 0.0974. The molecule has 0 bridgehead atoms. The van der Waals surface area contributed by atoms with Crippen molar-refractivity contribution in [2.45, 2.75) is 45.3 Å². The van der Waals surface area contributed by atoms with Crippen LogP contribution in [0.1, 0.15) is 33.1 Å². The largest absolute Gasteiger partial charge is 0.385 e. The number of methoxy groups -OCH3 is 2. The first-order valence-electron chi connectivity index (χ1n) is 5.49. The van der Waals surface area contributed by atoms with E-state index in [1.54, 1.807) is 14.2 Å². The zero-order chi connectivity index (χ0) is 10.8. The van der Waals surface area contributed by atoms with Crippen LogP contribution in [0, 0.1) is 0 Å². The lowest BCUT2D eigenvalue weighted by Gasteiger charge is -2.20. The zero-order valence-corrected chi connectivity index (χ0v) is 10.0. The van der Waals surface area contributed by atoms with E-state index in [0.29, 0.717) is 12.1 Å². The molecule has 1 N–H and O–H groups in total. The predicted molar refractivity (Wildman–Crippen MR) is 59.7 cm³/mol. The quantitative estimate of drug-likeness (QED) is 0.580. The first kappa shape index (κ1) is 13.9. The van der Waals surface area contributed by atoms with Crippen molar-refractivity contribution in [1.82, 2.24) is 5.32 Å². The van der Waals surface area contributed by atoms with Crippen LogP contribution < -0.4 is 5.32 Å². The maximum Gasteiger partial charge on any atom is 0.0558 e. The van der Waals surface area contributed by atoms with Gasteiger partial charge in [0.2, 0.25) is 0 Å². The summed E-state index contributed by atoms with van der Waals surface area (Å²) in [6, 6.07) is 0.560. The highest BCUT2D eigenvalue weighted by atomic mass is 16.5. The molecule has 3 heteroatoms. The van der Waals surface area contributed by atoms with Crippen LogP contribution in [0.5, 0.6) is 0 Å². The summed E-state index contributed by atoms with van der Waals surface area (Å²) in [6.45, 7) is 6.12. The van der Waals surface area contributed by atoms with Gasteiger partial charge in [0.15, 0.2) is 0 Å². The lowest BCUT2D eigenvalue weighted by Crippen LogP contribution is -2.32. The second-order valence-electron chi connectivity index (χ2n) is 3.67. The molecule has 3 nitrogen and oxygen atoms in total. The number of ether oxygens (including phenoxy) is 2. The molecular weight excluding hydrogens is 178 g/mol. The van der Waals surface area contributed by atoms with E-state index in [0.717, 1.165) is 32.4 Å². The fourth-order valence-electron chi connectivity index (χ4n) is 1.56. The Bertz CT molecular complexity index is 120. The summed E-state index contributed by atoms with van der Waals surface area (Å²) in [5.41, 5.74) is 0. The zero-order valence-electron chi connectivity index (χ0n) is 10.0. The van der Waals surface area contributed by atoms with Crippen molar-refractivity contribution in [2.24, 2.45) is 0 Å². The highest BCUT2D eigenvalue weighted by molar-refractivity contribution is 4.69. The maximum absolute atomic E-state index is 5.26. The molecule has 0 radical (unpaired) electrons. The molecule has 0 amide bonds. The van der Waals surface area contributed by atoms with Gasteiger partial charge in [-0.25, -0.2) is 0 Å². The topological polar surface area (TPSA) is 30.5 Å². The van der Waals surface area contributed by atoms with Crippen molar-refractivity contribution in [3.63, 3.8) is 0 Å². The Morgan fingerprint density at radius 3 is 2.50 bits per heavy atom. The van der Waals surface area contributed by atoms with Gasteiger partial charge in [-0.1, -0.05) is 6.92 Å². The van der Waals surface area contributed by atoms with E-state index in [9.17, 15) is 0 Å². The Balaban J connectivity index is 3.65. The van der Waals surface area contributed by atoms with Crippen LogP contribution >= 0.6 is 0 Å². The van der Waals surface area contributed by atoms with Crippen molar-refractivity contribution in [1.29, 1.82) is 0 Å². The van der Waals surface area contributed by atoms with E-state index in [-0.39, 0.29) is 0 Å². The molecule has 0 aliphatic carbocycles. The summed E-state index contributed by atoms with van der Waals surface area (Å²) < 4.78 is 10.3. The average Bonchev–Trinajstić information content (AvgIpc) is 2.18. The van der Waals surface area contributed by atoms with Gasteiger partial charge in [0.1, 0.15) is 0 Å². The molecule has 0 heterocycles. The van der Waals surface area contributed by atoms with Crippen LogP contribution in [0.3, 0.4) is 0 Å². The Labute approximate surface area is 88.2 Å². The molecule has 0 aromatic heterocycles. The van der Waals surface area contributed by atoms with Crippen molar-refractivity contribution in [3.8, 4) is 0 Å². The van der Waals surface area contributed by atoms with Crippen LogP contribution in [-0.4, -0.2) is 39.5 Å². The predicted octanol–water partition coefficient (Wildman–Crippen LogP) is 1.82. The Morgan fingerprint density at radius 1 is 1.29 bits per heavy atom. The third-order valence-electron chi connectivity index (χ3n) is 2.41. The third-order valence-corrected chi connectivity index (χ3v) is 2.41. The molecule has 0 saturated heterocycles. The number of hydrogen-bond acceptors (Lipinski definition) is 3. The molecule has 0 spiro atoms. The Kier molecular flexibility index (Phi) is 9.35. The monoisotopic (exact) mass is 203 g/mol. The van der Waals surface area contributed by atoms with Gasteiger partial charge in [-0.3, -0.25) is 0 Å². The molecular formula is C11H25NO2. The van der Waals surface area contributed by atoms with Crippen LogP contribution in [0.25, 0.3) is 0 Å². The summed E-state index contributed by atoms with van der Waals surface area (Å²) >= 11 is 0. The maximum atomic E-state index is 5.26. The van der Waals surface area contributed by atoms with E-state index >= 15 is 0 Å². The van der Waals surface area contributed by atoms with Crippen molar-refractivity contribution in [2.75, 3.05) is 27.4 Å². The van der Waals surface area contributed by atoms with Crippen molar-refractivity contribution >= 4 is 0 Å². The molecule has 0 aliphatic heterocycles. The van der Waals surface area contributed by atoms with Gasteiger partial charge in [-0.15, -0.1) is 0 Å². The van der Waals surface area contributed by atoms with Gasteiger partial charge < -0.3 is 14.8 Å².